The van der Waals surface area contributed by atoms with Crippen molar-refractivity contribution in [3.8, 4) is 0 Å². The van der Waals surface area contributed by atoms with Crippen LogP contribution in [0.5, 0.6) is 0 Å². The highest BCUT2D eigenvalue weighted by atomic mass is 32.2. The molecular formula is C8H14O3S. The van der Waals surface area contributed by atoms with E-state index >= 15 is 0 Å². The molecule has 0 spiro atoms. The summed E-state index contributed by atoms with van der Waals surface area (Å²) >= 11 is 0. The molecule has 2 fully saturated rings. The molecule has 70 valence electrons. The zero-order valence-electron chi connectivity index (χ0n) is 7.48. The molecule has 1 aliphatic heterocycles. The van der Waals surface area contributed by atoms with Gasteiger partial charge in [0.1, 0.15) is 0 Å². The maximum atomic E-state index is 11.5. The fourth-order valence-corrected chi connectivity index (χ4v) is 5.56. The predicted octanol–water partition coefficient (Wildman–Crippen LogP) is 0.189. The Bertz CT molecular complexity index is 317. The summed E-state index contributed by atoms with van der Waals surface area (Å²) in [6.45, 7) is 5.43. The minimum absolute atomic E-state index is 0.147. The van der Waals surface area contributed by atoms with Gasteiger partial charge in [0.2, 0.25) is 0 Å². The first-order chi connectivity index (χ1) is 5.32. The van der Waals surface area contributed by atoms with Crippen LogP contribution in [0.3, 0.4) is 0 Å². The number of hydrogen-bond donors (Lipinski definition) is 1. The van der Waals surface area contributed by atoms with Crippen LogP contribution in [-0.4, -0.2) is 29.6 Å². The van der Waals surface area contributed by atoms with E-state index in [0.717, 1.165) is 0 Å². The highest BCUT2D eigenvalue weighted by molar-refractivity contribution is 7.95. The van der Waals surface area contributed by atoms with Crippen molar-refractivity contribution >= 4 is 9.84 Å². The molecule has 1 N–H and O–H groups in total. The lowest BCUT2D eigenvalue weighted by molar-refractivity contribution is -0.0531. The zero-order chi connectivity index (χ0) is 9.31. The summed E-state index contributed by atoms with van der Waals surface area (Å²) in [4.78, 5) is 0. The van der Waals surface area contributed by atoms with Crippen LogP contribution in [-0.2, 0) is 9.84 Å². The highest BCUT2D eigenvalue weighted by Gasteiger charge is 2.73. The maximum Gasteiger partial charge on any atom is 0.161 e. The van der Waals surface area contributed by atoms with Crippen LogP contribution in [0.4, 0.5) is 0 Å². The van der Waals surface area contributed by atoms with Gasteiger partial charge < -0.3 is 5.11 Å². The number of rotatable bonds is 0. The van der Waals surface area contributed by atoms with E-state index in [4.69, 9.17) is 0 Å². The normalized spacial score (nSPS) is 53.3. The van der Waals surface area contributed by atoms with Gasteiger partial charge in [-0.2, -0.15) is 0 Å². The van der Waals surface area contributed by atoms with Gasteiger partial charge in [0, 0.05) is 5.92 Å². The molecule has 2 aliphatic rings. The summed E-state index contributed by atoms with van der Waals surface area (Å²) in [5.41, 5.74) is 0. The Morgan fingerprint density at radius 2 is 1.83 bits per heavy atom. The Morgan fingerprint density at radius 1 is 1.33 bits per heavy atom. The molecule has 1 saturated carbocycles. The van der Waals surface area contributed by atoms with Crippen LogP contribution in [0, 0.1) is 11.8 Å². The van der Waals surface area contributed by atoms with Crippen molar-refractivity contribution in [3.63, 3.8) is 0 Å². The van der Waals surface area contributed by atoms with E-state index in [1.165, 1.54) is 0 Å². The van der Waals surface area contributed by atoms with Gasteiger partial charge in [-0.3, -0.25) is 0 Å². The van der Waals surface area contributed by atoms with Crippen molar-refractivity contribution < 1.29 is 13.5 Å². The zero-order valence-corrected chi connectivity index (χ0v) is 8.30. The molecule has 1 heterocycles. The summed E-state index contributed by atoms with van der Waals surface area (Å²) in [5.74, 6) is 0.325. The Labute approximate surface area is 72.7 Å². The van der Waals surface area contributed by atoms with E-state index in [1.807, 2.05) is 6.92 Å². The van der Waals surface area contributed by atoms with E-state index in [0.29, 0.717) is 0 Å². The van der Waals surface area contributed by atoms with Gasteiger partial charge in [-0.1, -0.05) is 6.92 Å². The van der Waals surface area contributed by atoms with Gasteiger partial charge in [-0.05, 0) is 19.8 Å². The summed E-state index contributed by atoms with van der Waals surface area (Å²) in [7, 11) is -3.03. The first kappa shape index (κ1) is 8.51. The van der Waals surface area contributed by atoms with Crippen molar-refractivity contribution in [2.45, 2.75) is 36.9 Å². The molecule has 1 aliphatic carbocycles. The van der Waals surface area contributed by atoms with Crippen LogP contribution >= 0.6 is 0 Å². The minimum atomic E-state index is -3.03. The lowest BCUT2D eigenvalue weighted by atomic mass is 9.64. The van der Waals surface area contributed by atoms with E-state index in [9.17, 15) is 13.5 Å². The average molecular weight is 190 g/mol. The van der Waals surface area contributed by atoms with Crippen molar-refractivity contribution in [1.29, 1.82) is 0 Å². The van der Waals surface area contributed by atoms with Gasteiger partial charge in [0.25, 0.3) is 0 Å². The molecule has 0 aromatic carbocycles. The molecule has 2 rings (SSSR count). The third-order valence-corrected chi connectivity index (χ3v) is 6.72. The third kappa shape index (κ3) is 0.577. The molecule has 4 unspecified atom stereocenters. The third-order valence-electron chi connectivity index (χ3n) is 3.69. The summed E-state index contributed by atoms with van der Waals surface area (Å²) in [6.07, 6.45) is -0.618. The molecule has 4 heteroatoms. The van der Waals surface area contributed by atoms with Crippen molar-refractivity contribution in [2.24, 2.45) is 11.8 Å². The van der Waals surface area contributed by atoms with Gasteiger partial charge in [0.15, 0.2) is 9.84 Å². The topological polar surface area (TPSA) is 54.4 Å². The molecule has 0 aromatic heterocycles. The molecule has 0 amide bonds. The first-order valence-corrected chi connectivity index (χ1v) is 5.78. The minimum Gasteiger partial charge on any atom is -0.391 e. The summed E-state index contributed by atoms with van der Waals surface area (Å²) < 4.78 is 22.5. The summed E-state index contributed by atoms with van der Waals surface area (Å²) in [6, 6.07) is 0. The maximum absolute atomic E-state index is 11.5. The molecule has 3 nitrogen and oxygen atoms in total. The second kappa shape index (κ2) is 1.87. The fourth-order valence-electron chi connectivity index (χ4n) is 2.75. The number of fused-ring (bicyclic) bond motifs is 1. The lowest BCUT2D eigenvalue weighted by Gasteiger charge is -2.63. The van der Waals surface area contributed by atoms with Crippen LogP contribution < -0.4 is 0 Å². The standard InChI is InChI=1S/C8H14O3S/c1-4-5-7(6(4)9)12(10,11)8(5,2)3/h4-7,9H,1-3H3. The predicted molar refractivity (Wildman–Crippen MR) is 45.4 cm³/mol. The SMILES string of the molecule is CC1C(O)C2C1C(C)(C)S2(=O)=O. The second-order valence-corrected chi connectivity index (χ2v) is 7.18. The highest BCUT2D eigenvalue weighted by Crippen LogP contribution is 2.59. The molecule has 0 radical (unpaired) electrons. The van der Waals surface area contributed by atoms with E-state index < -0.39 is 25.9 Å². The number of sulfone groups is 1. The molecule has 4 atom stereocenters. The Morgan fingerprint density at radius 3 is 2.25 bits per heavy atom. The van der Waals surface area contributed by atoms with E-state index in [2.05, 4.69) is 0 Å². The van der Waals surface area contributed by atoms with Crippen LogP contribution in [0.25, 0.3) is 0 Å². The first-order valence-electron chi connectivity index (χ1n) is 4.23. The van der Waals surface area contributed by atoms with Gasteiger partial charge >= 0.3 is 0 Å². The Kier molecular flexibility index (Phi) is 1.33. The smallest absolute Gasteiger partial charge is 0.161 e. The van der Waals surface area contributed by atoms with Crippen molar-refractivity contribution in [2.75, 3.05) is 0 Å². The molecular weight excluding hydrogens is 176 g/mol. The number of aliphatic hydroxyl groups is 1. The number of hydrogen-bond acceptors (Lipinski definition) is 3. The van der Waals surface area contributed by atoms with E-state index in [-0.39, 0.29) is 11.8 Å². The van der Waals surface area contributed by atoms with E-state index in [1.54, 1.807) is 13.8 Å². The lowest BCUT2D eigenvalue weighted by Crippen LogP contribution is -2.78. The van der Waals surface area contributed by atoms with Gasteiger partial charge in [-0.15, -0.1) is 0 Å². The quantitative estimate of drug-likeness (QED) is 0.593. The number of aliphatic hydroxyl groups excluding tert-OH is 1. The Hall–Kier alpha value is -0.0900. The molecule has 1 saturated heterocycles. The fraction of sp³-hybridized carbons (Fsp3) is 1.00. The van der Waals surface area contributed by atoms with Crippen molar-refractivity contribution in [1.82, 2.24) is 0 Å². The van der Waals surface area contributed by atoms with Crippen molar-refractivity contribution in [3.05, 3.63) is 0 Å². The molecule has 0 aromatic rings. The monoisotopic (exact) mass is 190 g/mol. The largest absolute Gasteiger partial charge is 0.391 e. The average Bonchev–Trinajstić information content (AvgIpc) is 1.96. The second-order valence-electron chi connectivity index (χ2n) is 4.49. The van der Waals surface area contributed by atoms with Gasteiger partial charge in [0.05, 0.1) is 16.1 Å². The van der Waals surface area contributed by atoms with Crippen LogP contribution in [0.1, 0.15) is 20.8 Å². The van der Waals surface area contributed by atoms with Crippen LogP contribution in [0.15, 0.2) is 0 Å². The molecule has 12 heavy (non-hydrogen) atoms. The van der Waals surface area contributed by atoms with Gasteiger partial charge in [-0.25, -0.2) is 8.42 Å². The van der Waals surface area contributed by atoms with Crippen LogP contribution in [0.2, 0.25) is 0 Å². The Balaban J connectivity index is 2.38. The molecule has 0 bridgehead atoms. The summed E-state index contributed by atoms with van der Waals surface area (Å²) in [5, 5.41) is 8.94.